The van der Waals surface area contributed by atoms with Gasteiger partial charge in [-0.25, -0.2) is 4.39 Å². The van der Waals surface area contributed by atoms with Crippen LogP contribution in [0.25, 0.3) is 0 Å². The fourth-order valence-electron chi connectivity index (χ4n) is 0.949. The lowest BCUT2D eigenvalue weighted by molar-refractivity contribution is 0.627. The highest BCUT2D eigenvalue weighted by atomic mass is 35.5. The van der Waals surface area contributed by atoms with Gasteiger partial charge < -0.3 is 4.90 Å². The van der Waals surface area contributed by atoms with E-state index < -0.39 is 0 Å². The van der Waals surface area contributed by atoms with Crippen molar-refractivity contribution in [2.75, 3.05) is 18.5 Å². The average Bonchev–Trinajstić information content (AvgIpc) is 2.08. The summed E-state index contributed by atoms with van der Waals surface area (Å²) in [7, 11) is 1.88. The van der Waals surface area contributed by atoms with Gasteiger partial charge in [0.05, 0.1) is 10.7 Å². The van der Waals surface area contributed by atoms with Gasteiger partial charge in [-0.05, 0) is 25.1 Å². The van der Waals surface area contributed by atoms with Gasteiger partial charge in [0.2, 0.25) is 0 Å². The molecule has 0 heterocycles. The Morgan fingerprint density at radius 1 is 1.50 bits per heavy atom. The molecule has 0 spiro atoms. The minimum Gasteiger partial charge on any atom is -0.374 e. The van der Waals surface area contributed by atoms with Crippen LogP contribution in [0.4, 0.5) is 10.1 Å². The van der Waals surface area contributed by atoms with Gasteiger partial charge in [-0.15, -0.1) is 0 Å². The topological polar surface area (TPSA) is 3.24 Å². The van der Waals surface area contributed by atoms with Crippen molar-refractivity contribution < 1.29 is 4.39 Å². The Morgan fingerprint density at radius 2 is 2.17 bits per heavy atom. The zero-order chi connectivity index (χ0) is 9.14. The third kappa shape index (κ3) is 1.89. The number of rotatable bonds is 2. The fourth-order valence-corrected chi connectivity index (χ4v) is 1.21. The highest BCUT2D eigenvalue weighted by molar-refractivity contribution is 6.33. The molecule has 0 bridgehead atoms. The first kappa shape index (κ1) is 9.33. The molecule has 0 aliphatic carbocycles. The second-order valence-electron chi connectivity index (χ2n) is 2.61. The van der Waals surface area contributed by atoms with Gasteiger partial charge in [0.1, 0.15) is 5.82 Å². The SMILES string of the molecule is CCN(C)c1cc(F)ccc1Cl. The number of anilines is 1. The molecule has 0 N–H and O–H groups in total. The van der Waals surface area contributed by atoms with Crippen molar-refractivity contribution in [1.29, 1.82) is 0 Å². The molecule has 66 valence electrons. The summed E-state index contributed by atoms with van der Waals surface area (Å²) in [6, 6.07) is 4.36. The van der Waals surface area contributed by atoms with Crippen LogP contribution >= 0.6 is 11.6 Å². The van der Waals surface area contributed by atoms with E-state index >= 15 is 0 Å². The standard InChI is InChI=1S/C9H11ClFN/c1-3-12(2)9-6-7(11)4-5-8(9)10/h4-6H,3H2,1-2H3. The third-order valence-electron chi connectivity index (χ3n) is 1.79. The molecule has 12 heavy (non-hydrogen) atoms. The minimum atomic E-state index is -0.255. The summed E-state index contributed by atoms with van der Waals surface area (Å²) >= 11 is 5.86. The van der Waals surface area contributed by atoms with Crippen molar-refractivity contribution in [2.45, 2.75) is 6.92 Å². The Balaban J connectivity index is 3.04. The van der Waals surface area contributed by atoms with Gasteiger partial charge in [0.15, 0.2) is 0 Å². The van der Waals surface area contributed by atoms with Crippen LogP contribution in [0.5, 0.6) is 0 Å². The summed E-state index contributed by atoms with van der Waals surface area (Å²) in [6.07, 6.45) is 0. The monoisotopic (exact) mass is 187 g/mol. The molecule has 0 radical (unpaired) electrons. The first-order valence-corrected chi connectivity index (χ1v) is 4.19. The summed E-state index contributed by atoms with van der Waals surface area (Å²) in [5, 5.41) is 0.584. The highest BCUT2D eigenvalue weighted by Gasteiger charge is 2.04. The molecule has 0 saturated carbocycles. The maximum Gasteiger partial charge on any atom is 0.125 e. The molecule has 1 aromatic carbocycles. The molecule has 0 aromatic heterocycles. The van der Waals surface area contributed by atoms with E-state index in [2.05, 4.69) is 0 Å². The van der Waals surface area contributed by atoms with Gasteiger partial charge in [0, 0.05) is 13.6 Å². The smallest absolute Gasteiger partial charge is 0.125 e. The average molecular weight is 188 g/mol. The van der Waals surface area contributed by atoms with Crippen molar-refractivity contribution >= 4 is 17.3 Å². The predicted octanol–water partition coefficient (Wildman–Crippen LogP) is 2.94. The Morgan fingerprint density at radius 3 is 2.75 bits per heavy atom. The zero-order valence-corrected chi connectivity index (χ0v) is 7.90. The third-order valence-corrected chi connectivity index (χ3v) is 2.11. The van der Waals surface area contributed by atoms with Gasteiger partial charge >= 0.3 is 0 Å². The van der Waals surface area contributed by atoms with Crippen LogP contribution in [-0.4, -0.2) is 13.6 Å². The predicted molar refractivity (Wildman–Crippen MR) is 50.4 cm³/mol. The van der Waals surface area contributed by atoms with Crippen LogP contribution in [-0.2, 0) is 0 Å². The zero-order valence-electron chi connectivity index (χ0n) is 7.14. The lowest BCUT2D eigenvalue weighted by Crippen LogP contribution is -2.16. The van der Waals surface area contributed by atoms with Crippen molar-refractivity contribution in [3.05, 3.63) is 29.0 Å². The summed E-state index contributed by atoms with van der Waals surface area (Å²) in [5.74, 6) is -0.255. The van der Waals surface area contributed by atoms with E-state index in [1.165, 1.54) is 12.1 Å². The molecule has 0 atom stereocenters. The Bertz CT molecular complexity index is 275. The van der Waals surface area contributed by atoms with E-state index in [1.54, 1.807) is 6.07 Å². The summed E-state index contributed by atoms with van der Waals surface area (Å²) < 4.78 is 12.8. The number of nitrogens with zero attached hydrogens (tertiary/aromatic N) is 1. The van der Waals surface area contributed by atoms with E-state index in [1.807, 2.05) is 18.9 Å². The van der Waals surface area contributed by atoms with E-state index in [0.717, 1.165) is 12.2 Å². The van der Waals surface area contributed by atoms with Crippen LogP contribution in [0.3, 0.4) is 0 Å². The number of hydrogen-bond acceptors (Lipinski definition) is 1. The van der Waals surface area contributed by atoms with Gasteiger partial charge in [0.25, 0.3) is 0 Å². The molecule has 1 aromatic rings. The van der Waals surface area contributed by atoms with E-state index in [9.17, 15) is 4.39 Å². The van der Waals surface area contributed by atoms with Crippen LogP contribution < -0.4 is 4.90 Å². The highest BCUT2D eigenvalue weighted by Crippen LogP contribution is 2.25. The second-order valence-corrected chi connectivity index (χ2v) is 3.02. The Labute approximate surface area is 76.8 Å². The Kier molecular flexibility index (Phi) is 2.93. The molecule has 0 fully saturated rings. The molecule has 0 aliphatic rings. The van der Waals surface area contributed by atoms with E-state index in [-0.39, 0.29) is 5.82 Å². The molecule has 1 rings (SSSR count). The quantitative estimate of drug-likeness (QED) is 0.688. The molecule has 0 amide bonds. The minimum absolute atomic E-state index is 0.255. The lowest BCUT2D eigenvalue weighted by Gasteiger charge is -2.17. The maximum absolute atomic E-state index is 12.8. The first-order valence-electron chi connectivity index (χ1n) is 3.81. The number of hydrogen-bond donors (Lipinski definition) is 0. The van der Waals surface area contributed by atoms with Crippen LogP contribution in [0.15, 0.2) is 18.2 Å². The molecule has 0 aliphatic heterocycles. The van der Waals surface area contributed by atoms with Crippen LogP contribution in [0, 0.1) is 5.82 Å². The van der Waals surface area contributed by atoms with Crippen molar-refractivity contribution in [3.63, 3.8) is 0 Å². The lowest BCUT2D eigenvalue weighted by atomic mass is 10.3. The molecular weight excluding hydrogens is 177 g/mol. The molecule has 1 nitrogen and oxygen atoms in total. The Hall–Kier alpha value is -0.760. The number of benzene rings is 1. The van der Waals surface area contributed by atoms with E-state index in [4.69, 9.17) is 11.6 Å². The van der Waals surface area contributed by atoms with Gasteiger partial charge in [-0.3, -0.25) is 0 Å². The molecule has 0 saturated heterocycles. The van der Waals surface area contributed by atoms with Gasteiger partial charge in [-0.1, -0.05) is 11.6 Å². The molecule has 0 unspecified atom stereocenters. The van der Waals surface area contributed by atoms with Crippen molar-refractivity contribution in [1.82, 2.24) is 0 Å². The molecule has 3 heteroatoms. The van der Waals surface area contributed by atoms with Crippen LogP contribution in [0.2, 0.25) is 5.02 Å². The summed E-state index contributed by atoms with van der Waals surface area (Å²) in [4.78, 5) is 1.89. The summed E-state index contributed by atoms with van der Waals surface area (Å²) in [6.45, 7) is 2.80. The second kappa shape index (κ2) is 3.76. The van der Waals surface area contributed by atoms with Crippen molar-refractivity contribution in [2.24, 2.45) is 0 Å². The first-order chi connectivity index (χ1) is 5.65. The van der Waals surface area contributed by atoms with E-state index in [0.29, 0.717) is 5.02 Å². The normalized spacial score (nSPS) is 10.0. The number of halogens is 2. The van der Waals surface area contributed by atoms with Crippen molar-refractivity contribution in [3.8, 4) is 0 Å². The fraction of sp³-hybridized carbons (Fsp3) is 0.333. The summed E-state index contributed by atoms with van der Waals surface area (Å²) in [5.41, 5.74) is 0.735. The molecular formula is C9H11ClFN. The largest absolute Gasteiger partial charge is 0.374 e. The maximum atomic E-state index is 12.8. The van der Waals surface area contributed by atoms with Gasteiger partial charge in [-0.2, -0.15) is 0 Å². The van der Waals surface area contributed by atoms with Crippen LogP contribution in [0.1, 0.15) is 6.92 Å².